The highest BCUT2D eigenvalue weighted by Crippen LogP contribution is 2.27. The highest BCUT2D eigenvalue weighted by atomic mass is 79.9. The highest BCUT2D eigenvalue weighted by molar-refractivity contribution is 9.09. The molecule has 0 radical (unpaired) electrons. The zero-order valence-electron chi connectivity index (χ0n) is 12.3. The minimum Gasteiger partial charge on any atom is -0.268 e. The summed E-state index contributed by atoms with van der Waals surface area (Å²) < 4.78 is 27.1. The Balaban J connectivity index is 2.10. The van der Waals surface area contributed by atoms with Gasteiger partial charge in [-0.25, -0.2) is 8.42 Å². The number of nitrogens with zero attached hydrogens (tertiary/aromatic N) is 1. The number of benzene rings is 1. The molecule has 1 aliphatic rings. The van der Waals surface area contributed by atoms with Gasteiger partial charge in [-0.1, -0.05) is 46.5 Å². The molecule has 0 spiro atoms. The molecule has 4 nitrogen and oxygen atoms in total. The maximum Gasteiger partial charge on any atom is 0.262 e. The molecular formula is C15H21BrN2O2S. The van der Waals surface area contributed by atoms with Gasteiger partial charge in [0, 0.05) is 4.83 Å². The van der Waals surface area contributed by atoms with E-state index in [1.54, 1.807) is 31.2 Å². The minimum absolute atomic E-state index is 0.152. The first kappa shape index (κ1) is 16.5. The summed E-state index contributed by atoms with van der Waals surface area (Å²) in [7, 11) is -3.54. The van der Waals surface area contributed by atoms with Gasteiger partial charge in [-0.2, -0.15) is 0 Å². The maximum absolute atomic E-state index is 12.3. The monoisotopic (exact) mass is 372 g/mol. The van der Waals surface area contributed by atoms with E-state index in [-0.39, 0.29) is 10.9 Å². The molecular weight excluding hydrogens is 352 g/mol. The van der Waals surface area contributed by atoms with E-state index in [0.717, 1.165) is 24.8 Å². The Morgan fingerprint density at radius 2 is 1.86 bits per heavy atom. The van der Waals surface area contributed by atoms with E-state index in [0.29, 0.717) is 10.7 Å². The van der Waals surface area contributed by atoms with Gasteiger partial charge in [0.1, 0.15) is 5.84 Å². The van der Waals surface area contributed by atoms with Gasteiger partial charge in [0.15, 0.2) is 0 Å². The molecule has 1 saturated carbocycles. The number of sulfonamides is 1. The first-order valence-corrected chi connectivity index (χ1v) is 9.56. The zero-order valence-corrected chi connectivity index (χ0v) is 14.7. The summed E-state index contributed by atoms with van der Waals surface area (Å²) in [6.07, 6.45) is 4.44. The van der Waals surface area contributed by atoms with Crippen molar-refractivity contribution in [2.45, 2.75) is 55.3 Å². The number of halogens is 1. The predicted octanol–water partition coefficient (Wildman–Crippen LogP) is 3.40. The smallest absolute Gasteiger partial charge is 0.262 e. The summed E-state index contributed by atoms with van der Waals surface area (Å²) in [5, 5.41) is 0. The van der Waals surface area contributed by atoms with Crippen LogP contribution in [0.1, 0.15) is 38.2 Å². The van der Waals surface area contributed by atoms with Crippen molar-refractivity contribution in [3.8, 4) is 0 Å². The second kappa shape index (κ2) is 6.92. The molecule has 2 rings (SSSR count). The van der Waals surface area contributed by atoms with Gasteiger partial charge >= 0.3 is 0 Å². The Bertz CT molecular complexity index is 611. The minimum atomic E-state index is -3.54. The van der Waals surface area contributed by atoms with Crippen LogP contribution < -0.4 is 4.72 Å². The summed E-state index contributed by atoms with van der Waals surface area (Å²) in [5.41, 5.74) is 1.03. The van der Waals surface area contributed by atoms with Crippen LogP contribution in [0.3, 0.4) is 0 Å². The third kappa shape index (κ3) is 4.54. The van der Waals surface area contributed by atoms with E-state index in [1.807, 2.05) is 6.92 Å². The number of nitrogens with one attached hydrogen (secondary N) is 1. The summed E-state index contributed by atoms with van der Waals surface area (Å²) in [4.78, 5) is 5.13. The molecule has 0 bridgehead atoms. The fourth-order valence-corrected chi connectivity index (χ4v) is 4.22. The van der Waals surface area contributed by atoms with Crippen molar-refractivity contribution in [1.29, 1.82) is 0 Å². The van der Waals surface area contributed by atoms with Gasteiger partial charge in [0.05, 0.1) is 10.9 Å². The van der Waals surface area contributed by atoms with Crippen LogP contribution >= 0.6 is 15.9 Å². The molecule has 1 aromatic rings. The summed E-state index contributed by atoms with van der Waals surface area (Å²) >= 11 is 3.63. The number of amidine groups is 1. The van der Waals surface area contributed by atoms with E-state index in [4.69, 9.17) is 0 Å². The van der Waals surface area contributed by atoms with Crippen LogP contribution in [-0.4, -0.2) is 25.1 Å². The quantitative estimate of drug-likeness (QED) is 0.502. The van der Waals surface area contributed by atoms with Crippen molar-refractivity contribution in [2.24, 2.45) is 4.99 Å². The number of alkyl halides is 1. The van der Waals surface area contributed by atoms with Crippen molar-refractivity contribution < 1.29 is 8.42 Å². The Morgan fingerprint density at radius 1 is 1.24 bits per heavy atom. The second-order valence-electron chi connectivity index (χ2n) is 5.50. The fourth-order valence-electron chi connectivity index (χ4n) is 2.46. The molecule has 0 aromatic heterocycles. The number of hydrogen-bond acceptors (Lipinski definition) is 3. The van der Waals surface area contributed by atoms with Crippen molar-refractivity contribution >= 4 is 31.8 Å². The summed E-state index contributed by atoms with van der Waals surface area (Å²) in [6.45, 7) is 3.63. The molecule has 1 aliphatic carbocycles. The molecule has 2 atom stereocenters. The molecule has 1 fully saturated rings. The number of rotatable bonds is 3. The molecule has 0 heterocycles. The SMILES string of the molecule is CC(=N[C@H]1CCCC[C@@H]1Br)NS(=O)(=O)c1ccc(C)cc1. The Labute approximate surface area is 135 Å². The lowest BCUT2D eigenvalue weighted by Gasteiger charge is -2.24. The van der Waals surface area contributed by atoms with Crippen molar-refractivity contribution in [2.75, 3.05) is 0 Å². The van der Waals surface area contributed by atoms with Crippen molar-refractivity contribution in [1.82, 2.24) is 4.72 Å². The van der Waals surface area contributed by atoms with E-state index in [9.17, 15) is 8.42 Å². The third-order valence-corrected chi connectivity index (χ3v) is 6.15. The van der Waals surface area contributed by atoms with E-state index in [1.165, 1.54) is 6.42 Å². The van der Waals surface area contributed by atoms with Crippen molar-refractivity contribution in [3.05, 3.63) is 29.8 Å². The van der Waals surface area contributed by atoms with Crippen LogP contribution in [0.4, 0.5) is 0 Å². The molecule has 1 aromatic carbocycles. The first-order chi connectivity index (χ1) is 9.88. The molecule has 6 heteroatoms. The van der Waals surface area contributed by atoms with Crippen molar-refractivity contribution in [3.63, 3.8) is 0 Å². The van der Waals surface area contributed by atoms with E-state index >= 15 is 0 Å². The highest BCUT2D eigenvalue weighted by Gasteiger charge is 2.23. The molecule has 0 aliphatic heterocycles. The van der Waals surface area contributed by atoms with Gasteiger partial charge in [-0.15, -0.1) is 0 Å². The molecule has 1 N–H and O–H groups in total. The Hall–Kier alpha value is -0.880. The first-order valence-electron chi connectivity index (χ1n) is 7.16. The van der Waals surface area contributed by atoms with Crippen LogP contribution in [-0.2, 0) is 10.0 Å². The lowest BCUT2D eigenvalue weighted by Crippen LogP contribution is -2.32. The lowest BCUT2D eigenvalue weighted by atomic mass is 9.96. The van der Waals surface area contributed by atoms with Gasteiger partial charge in [-0.3, -0.25) is 9.71 Å². The average molecular weight is 373 g/mol. The topological polar surface area (TPSA) is 58.5 Å². The predicted molar refractivity (Wildman–Crippen MR) is 89.6 cm³/mol. The third-order valence-electron chi connectivity index (χ3n) is 3.62. The maximum atomic E-state index is 12.3. The van der Waals surface area contributed by atoms with Crippen LogP contribution in [0.25, 0.3) is 0 Å². The zero-order chi connectivity index (χ0) is 15.5. The number of aryl methyl sites for hydroxylation is 1. The Kier molecular flexibility index (Phi) is 5.43. The number of aliphatic imine (C=N–C) groups is 1. The van der Waals surface area contributed by atoms with Gasteiger partial charge < -0.3 is 0 Å². The molecule has 21 heavy (non-hydrogen) atoms. The molecule has 0 saturated heterocycles. The second-order valence-corrected chi connectivity index (χ2v) is 8.36. The van der Waals surface area contributed by atoms with Crippen LogP contribution in [0.5, 0.6) is 0 Å². The molecule has 116 valence electrons. The van der Waals surface area contributed by atoms with E-state index < -0.39 is 10.0 Å². The summed E-state index contributed by atoms with van der Waals surface area (Å²) in [6, 6.07) is 6.95. The van der Waals surface area contributed by atoms with Crippen LogP contribution in [0, 0.1) is 6.92 Å². The molecule has 0 unspecified atom stereocenters. The largest absolute Gasteiger partial charge is 0.268 e. The number of hydrogen-bond donors (Lipinski definition) is 1. The van der Waals surface area contributed by atoms with Gasteiger partial charge in [-0.05, 0) is 38.8 Å². The van der Waals surface area contributed by atoms with E-state index in [2.05, 4.69) is 25.6 Å². The Morgan fingerprint density at radius 3 is 2.48 bits per heavy atom. The lowest BCUT2D eigenvalue weighted by molar-refractivity contribution is 0.459. The normalized spacial score (nSPS) is 23.9. The van der Waals surface area contributed by atoms with Gasteiger partial charge in [0.2, 0.25) is 0 Å². The molecule has 0 amide bonds. The summed E-state index contributed by atoms with van der Waals surface area (Å²) in [5.74, 6) is 0.451. The van der Waals surface area contributed by atoms with Crippen LogP contribution in [0.2, 0.25) is 0 Å². The average Bonchev–Trinajstić information content (AvgIpc) is 2.41. The van der Waals surface area contributed by atoms with Gasteiger partial charge in [0.25, 0.3) is 10.0 Å². The fraction of sp³-hybridized carbons (Fsp3) is 0.533. The standard InChI is InChI=1S/C15H21BrN2O2S/c1-11-7-9-13(10-8-11)21(19,20)18-12(2)17-15-6-4-3-5-14(15)16/h7-10,14-15H,3-6H2,1-2H3,(H,17,18)/t14-,15-/m0/s1. The van der Waals surface area contributed by atoms with Crippen LogP contribution in [0.15, 0.2) is 34.2 Å².